The average Bonchev–Trinajstić information content (AvgIpc) is 3.34. The Morgan fingerprint density at radius 3 is 1.12 bits per heavy atom. The number of phosphoric acid groups is 1. The number of allylic oxidation sites excluding steroid dienone is 18. The minimum absolute atomic E-state index is 0.0200. The van der Waals surface area contributed by atoms with E-state index in [2.05, 4.69) is 123 Å². The molecule has 9 nitrogen and oxygen atoms in total. The highest BCUT2D eigenvalue weighted by Crippen LogP contribution is 2.43. The van der Waals surface area contributed by atoms with E-state index >= 15 is 0 Å². The van der Waals surface area contributed by atoms with Gasteiger partial charge in [0, 0.05) is 12.8 Å². The van der Waals surface area contributed by atoms with Crippen molar-refractivity contribution in [2.45, 2.75) is 225 Å². The van der Waals surface area contributed by atoms with Gasteiger partial charge in [-0.3, -0.25) is 18.6 Å². The summed E-state index contributed by atoms with van der Waals surface area (Å²) in [6.45, 7) is 4.16. The third-order valence-corrected chi connectivity index (χ3v) is 12.8. The van der Waals surface area contributed by atoms with E-state index in [-0.39, 0.29) is 32.0 Å². The minimum atomic E-state index is -4.40. The number of carbonyl (C=O) groups excluding carboxylic acids is 2. The zero-order valence-corrected chi connectivity index (χ0v) is 47.5. The summed E-state index contributed by atoms with van der Waals surface area (Å²) < 4.78 is 34.5. The summed E-state index contributed by atoms with van der Waals surface area (Å²) in [6.07, 6.45) is 73.0. The van der Waals surface area contributed by atoms with Crippen LogP contribution in [0.5, 0.6) is 0 Å². The number of likely N-dealkylation sites (N-methyl/N-ethyl adjacent to an activating group) is 1. The number of hydrogen-bond donors (Lipinski definition) is 1. The molecule has 0 spiro atoms. The van der Waals surface area contributed by atoms with Gasteiger partial charge in [-0.15, -0.1) is 0 Å². The Kier molecular flexibility index (Phi) is 50.1. The van der Waals surface area contributed by atoms with Gasteiger partial charge in [0.05, 0.1) is 27.7 Å². The van der Waals surface area contributed by atoms with Crippen molar-refractivity contribution in [3.05, 3.63) is 109 Å². The van der Waals surface area contributed by atoms with Crippen LogP contribution in [0, 0.1) is 0 Å². The summed E-state index contributed by atoms with van der Waals surface area (Å²) in [5.74, 6) is -0.839. The first kappa shape index (κ1) is 68.7. The minimum Gasteiger partial charge on any atom is -0.462 e. The van der Waals surface area contributed by atoms with Crippen molar-refractivity contribution in [1.29, 1.82) is 0 Å². The van der Waals surface area contributed by atoms with Gasteiger partial charge in [0.2, 0.25) is 0 Å². The molecule has 10 heteroatoms. The number of rotatable bonds is 51. The van der Waals surface area contributed by atoms with E-state index < -0.39 is 26.5 Å². The first-order valence-corrected chi connectivity index (χ1v) is 30.1. The Hall–Kier alpha value is -3.33. The van der Waals surface area contributed by atoms with Crippen LogP contribution in [0.1, 0.15) is 219 Å². The van der Waals surface area contributed by atoms with Crippen molar-refractivity contribution in [3.8, 4) is 0 Å². The van der Waals surface area contributed by atoms with Gasteiger partial charge in [-0.05, 0) is 96.3 Å². The number of ether oxygens (including phenoxy) is 2. The topological polar surface area (TPSA) is 108 Å². The molecular formula is C62H107NO8P+. The van der Waals surface area contributed by atoms with E-state index in [4.69, 9.17) is 18.5 Å². The number of carbonyl (C=O) groups is 2. The standard InChI is InChI=1S/C62H106NO8P/c1-6-8-10-12-14-16-18-20-22-24-26-27-28-29-30-31-32-33-34-35-37-38-40-42-44-46-48-50-52-54-61(64)68-58-60(59-70-72(66,67)69-57-56-63(3,4)5)71-62(65)55-53-51-49-47-45-43-41-39-36-25-23-21-19-17-15-13-11-9-7-2/h8-11,14-17,20-23,26-27,36,39,43,45,60H,6-7,12-13,18-19,24-25,28-35,37-38,40-42,44,46-59H2,1-5H3/p+1/b10-8-,11-9-,16-14-,17-15-,22-20-,23-21-,27-26-,39-36-,45-43-. The highest BCUT2D eigenvalue weighted by Gasteiger charge is 2.27. The Balaban J connectivity index is 4.17. The van der Waals surface area contributed by atoms with Crippen molar-refractivity contribution < 1.29 is 42.1 Å². The van der Waals surface area contributed by atoms with Crippen LogP contribution >= 0.6 is 7.82 Å². The maximum atomic E-state index is 12.8. The second-order valence-corrected chi connectivity index (χ2v) is 21.4. The SMILES string of the molecule is CC/C=C\C/C=C\C/C=C\C/C=C\C/C=C\CCCCCC(=O)OC(COC(=O)CCCCCCCCCCCCCCCCCC/C=C\C/C=C\C/C=C\C/C=C\CC)COP(=O)(O)OCC[N+](C)(C)C. The van der Waals surface area contributed by atoms with Crippen molar-refractivity contribution >= 4 is 19.8 Å². The summed E-state index contributed by atoms with van der Waals surface area (Å²) in [5, 5.41) is 0. The number of esters is 2. The fraction of sp³-hybridized carbons (Fsp3) is 0.677. The van der Waals surface area contributed by atoms with Gasteiger partial charge in [-0.25, -0.2) is 4.57 Å². The molecule has 2 unspecified atom stereocenters. The number of nitrogens with zero attached hydrogens (tertiary/aromatic N) is 1. The molecule has 0 aromatic heterocycles. The average molecular weight is 1030 g/mol. The molecule has 412 valence electrons. The number of unbranched alkanes of at least 4 members (excludes halogenated alkanes) is 19. The van der Waals surface area contributed by atoms with Gasteiger partial charge in [0.1, 0.15) is 19.8 Å². The third kappa shape index (κ3) is 56.0. The predicted molar refractivity (Wildman–Crippen MR) is 307 cm³/mol. The van der Waals surface area contributed by atoms with Crippen LogP contribution in [0.4, 0.5) is 0 Å². The van der Waals surface area contributed by atoms with Crippen molar-refractivity contribution in [1.82, 2.24) is 0 Å². The van der Waals surface area contributed by atoms with Crippen LogP contribution in [0.25, 0.3) is 0 Å². The van der Waals surface area contributed by atoms with E-state index in [0.29, 0.717) is 17.4 Å². The molecule has 0 radical (unpaired) electrons. The fourth-order valence-electron chi connectivity index (χ4n) is 7.44. The first-order chi connectivity index (χ1) is 35.0. The monoisotopic (exact) mass is 1020 g/mol. The second-order valence-electron chi connectivity index (χ2n) is 19.9. The lowest BCUT2D eigenvalue weighted by Gasteiger charge is -2.24. The second kappa shape index (κ2) is 52.5. The summed E-state index contributed by atoms with van der Waals surface area (Å²) in [5.41, 5.74) is 0. The summed E-state index contributed by atoms with van der Waals surface area (Å²) in [7, 11) is 1.44. The molecule has 0 fully saturated rings. The fourth-order valence-corrected chi connectivity index (χ4v) is 8.19. The lowest BCUT2D eigenvalue weighted by atomic mass is 10.0. The molecule has 1 N–H and O–H groups in total. The van der Waals surface area contributed by atoms with Gasteiger partial charge >= 0.3 is 19.8 Å². The maximum Gasteiger partial charge on any atom is 0.472 e. The number of quaternary nitrogens is 1. The highest BCUT2D eigenvalue weighted by molar-refractivity contribution is 7.47. The molecule has 0 saturated carbocycles. The van der Waals surface area contributed by atoms with E-state index in [1.165, 1.54) is 89.9 Å². The highest BCUT2D eigenvalue weighted by atomic mass is 31.2. The van der Waals surface area contributed by atoms with Crippen molar-refractivity contribution in [2.24, 2.45) is 0 Å². The molecule has 0 aromatic carbocycles. The maximum absolute atomic E-state index is 12.8. The first-order valence-electron chi connectivity index (χ1n) is 28.6. The predicted octanol–water partition coefficient (Wildman–Crippen LogP) is 17.8. The summed E-state index contributed by atoms with van der Waals surface area (Å²) in [4.78, 5) is 35.7. The molecule has 0 rings (SSSR count). The van der Waals surface area contributed by atoms with Crippen LogP contribution in [0.15, 0.2) is 109 Å². The van der Waals surface area contributed by atoms with Crippen LogP contribution < -0.4 is 0 Å². The zero-order valence-electron chi connectivity index (χ0n) is 46.6. The molecule has 0 aromatic rings. The van der Waals surface area contributed by atoms with Crippen molar-refractivity contribution in [2.75, 3.05) is 47.5 Å². The van der Waals surface area contributed by atoms with E-state index in [1.54, 1.807) is 0 Å². The van der Waals surface area contributed by atoms with Crippen molar-refractivity contribution in [3.63, 3.8) is 0 Å². The molecule has 0 heterocycles. The molecule has 0 amide bonds. The molecular weight excluding hydrogens is 918 g/mol. The van der Waals surface area contributed by atoms with Gasteiger partial charge in [0.15, 0.2) is 6.10 Å². The van der Waals surface area contributed by atoms with Crippen LogP contribution in [-0.2, 0) is 32.7 Å². The Morgan fingerprint density at radius 2 is 0.750 bits per heavy atom. The van der Waals surface area contributed by atoms with Crippen LogP contribution in [-0.4, -0.2) is 74.9 Å². The summed E-state index contributed by atoms with van der Waals surface area (Å²) >= 11 is 0. The van der Waals surface area contributed by atoms with E-state index in [9.17, 15) is 19.0 Å². The van der Waals surface area contributed by atoms with Gasteiger partial charge in [0.25, 0.3) is 0 Å². The normalized spacial score (nSPS) is 14.1. The smallest absolute Gasteiger partial charge is 0.462 e. The number of hydrogen-bond acceptors (Lipinski definition) is 7. The van der Waals surface area contributed by atoms with E-state index in [1.807, 2.05) is 21.1 Å². The number of phosphoric ester groups is 1. The van der Waals surface area contributed by atoms with Crippen LogP contribution in [0.2, 0.25) is 0 Å². The largest absolute Gasteiger partial charge is 0.472 e. The molecule has 0 aliphatic carbocycles. The Morgan fingerprint density at radius 1 is 0.431 bits per heavy atom. The van der Waals surface area contributed by atoms with Gasteiger partial charge in [-0.2, -0.15) is 0 Å². The Bertz CT molecular complexity index is 1580. The quantitative estimate of drug-likeness (QED) is 0.0211. The van der Waals surface area contributed by atoms with E-state index in [0.717, 1.165) is 96.3 Å². The Labute approximate surface area is 442 Å². The molecule has 0 aliphatic heterocycles. The zero-order chi connectivity index (χ0) is 52.7. The molecule has 0 saturated heterocycles. The molecule has 0 bridgehead atoms. The lowest BCUT2D eigenvalue weighted by molar-refractivity contribution is -0.870. The molecule has 72 heavy (non-hydrogen) atoms. The lowest BCUT2D eigenvalue weighted by Crippen LogP contribution is -2.37. The van der Waals surface area contributed by atoms with Crippen LogP contribution in [0.3, 0.4) is 0 Å². The molecule has 2 atom stereocenters. The van der Waals surface area contributed by atoms with Gasteiger partial charge in [-0.1, -0.05) is 220 Å². The summed E-state index contributed by atoms with van der Waals surface area (Å²) in [6, 6.07) is 0. The third-order valence-electron chi connectivity index (χ3n) is 11.8. The van der Waals surface area contributed by atoms with Gasteiger partial charge < -0.3 is 18.9 Å². The molecule has 0 aliphatic rings.